The molecule has 11 heteroatoms. The second-order valence-corrected chi connectivity index (χ2v) is 6.37. The Hall–Kier alpha value is -2.36. The smallest absolute Gasteiger partial charge is 1.00 e. The first kappa shape index (κ1) is 33.3. The molecule has 0 bridgehead atoms. The van der Waals surface area contributed by atoms with Crippen LogP contribution >= 0.6 is 0 Å². The van der Waals surface area contributed by atoms with Crippen molar-refractivity contribution in [2.75, 3.05) is 0 Å². The molecule has 0 aliphatic heterocycles. The van der Waals surface area contributed by atoms with Crippen LogP contribution in [0, 0.1) is 6.92 Å². The predicted octanol–water partition coefficient (Wildman–Crippen LogP) is -0.877. The Morgan fingerprint density at radius 3 is 1.32 bits per heavy atom. The largest absolute Gasteiger partial charge is 2.00 e. The summed E-state index contributed by atoms with van der Waals surface area (Å²) in [5.41, 5.74) is 2.76. The summed E-state index contributed by atoms with van der Waals surface area (Å²) in [6.45, 7) is 6.54. The zero-order chi connectivity index (χ0) is 18.4. The molecule has 0 saturated heterocycles. The molecule has 5 N–H and O–H groups in total. The second-order valence-electron chi connectivity index (χ2n) is 6.37. The van der Waals surface area contributed by atoms with E-state index in [2.05, 4.69) is 60.3 Å². The maximum atomic E-state index is 4.22. The van der Waals surface area contributed by atoms with Crippen LogP contribution in [0.25, 0.3) is 0 Å². The van der Waals surface area contributed by atoms with Crippen molar-refractivity contribution in [2.45, 2.75) is 33.0 Å². The summed E-state index contributed by atoms with van der Waals surface area (Å²) in [6, 6.07) is 14.3. The van der Waals surface area contributed by atoms with Crippen LogP contribution in [0.4, 0.5) is 0 Å². The van der Waals surface area contributed by atoms with Crippen molar-refractivity contribution in [1.82, 2.24) is 29.3 Å². The maximum Gasteiger partial charge on any atom is 2.00 e. The summed E-state index contributed by atoms with van der Waals surface area (Å²) in [5, 5.41) is 12.7. The Labute approximate surface area is 201 Å². The number of aryl methyl sites for hydroxylation is 1. The van der Waals surface area contributed by atoms with E-state index >= 15 is 0 Å². The van der Waals surface area contributed by atoms with Crippen LogP contribution in [0.3, 0.4) is 0 Å². The van der Waals surface area contributed by atoms with Crippen LogP contribution in [-0.2, 0) is 19.5 Å². The van der Waals surface area contributed by atoms with Crippen molar-refractivity contribution in [3.8, 4) is 0 Å². The van der Waals surface area contributed by atoms with Crippen molar-refractivity contribution in [3.05, 3.63) is 90.8 Å². The van der Waals surface area contributed by atoms with Gasteiger partial charge in [-0.1, -0.05) is 43.7 Å². The summed E-state index contributed by atoms with van der Waals surface area (Å²) in [6.07, 6.45) is 10.7. The molecule has 3 heterocycles. The third-order valence-corrected chi connectivity index (χ3v) is 4.03. The van der Waals surface area contributed by atoms with Crippen molar-refractivity contribution < 1.29 is 48.3 Å². The SMILES string of the molecule is Cc1ccc(C(C)C)cc1.O.O.[Cl-].[OH-].[Ru+2].c1cnn(C(n2cccn2)n2cccn2)c1. The van der Waals surface area contributed by atoms with Gasteiger partial charge in [-0.05, 0) is 36.6 Å². The van der Waals surface area contributed by atoms with Crippen LogP contribution in [0.15, 0.2) is 79.6 Å². The third-order valence-electron chi connectivity index (χ3n) is 4.03. The Balaban J connectivity index is -0.000000469. The van der Waals surface area contributed by atoms with E-state index in [1.54, 1.807) is 32.6 Å². The number of rotatable bonds is 4. The number of nitrogens with zero attached hydrogens (tertiary/aromatic N) is 6. The monoisotopic (exact) mass is 538 g/mol. The fourth-order valence-electron chi connectivity index (χ4n) is 2.57. The summed E-state index contributed by atoms with van der Waals surface area (Å²) in [4.78, 5) is 0. The Bertz CT molecular complexity index is 804. The van der Waals surface area contributed by atoms with Gasteiger partial charge < -0.3 is 28.8 Å². The van der Waals surface area contributed by atoms with Gasteiger partial charge in [-0.25, -0.2) is 14.0 Å². The van der Waals surface area contributed by atoms with Crippen molar-refractivity contribution in [1.29, 1.82) is 0 Å². The maximum absolute atomic E-state index is 4.22. The summed E-state index contributed by atoms with van der Waals surface area (Å²) >= 11 is 0. The molecule has 0 amide bonds. The van der Waals surface area contributed by atoms with E-state index in [9.17, 15) is 0 Å². The third kappa shape index (κ3) is 9.12. The van der Waals surface area contributed by atoms with Gasteiger partial charge in [0.1, 0.15) is 0 Å². The fraction of sp³-hybridized carbons (Fsp3) is 0.250. The predicted molar refractivity (Wildman–Crippen MR) is 111 cm³/mol. The fourth-order valence-corrected chi connectivity index (χ4v) is 2.57. The van der Waals surface area contributed by atoms with Gasteiger partial charge in [-0.3, -0.25) is 0 Å². The number of hydrogen-bond donors (Lipinski definition) is 0. The molecule has 4 aromatic rings. The molecule has 0 aliphatic rings. The Morgan fingerprint density at radius 2 is 1.06 bits per heavy atom. The summed E-state index contributed by atoms with van der Waals surface area (Å²) in [5.74, 6) is 0.653. The van der Waals surface area contributed by atoms with E-state index in [4.69, 9.17) is 0 Å². The van der Waals surface area contributed by atoms with Gasteiger partial charge in [-0.15, -0.1) is 0 Å². The minimum absolute atomic E-state index is 0. The van der Waals surface area contributed by atoms with E-state index in [1.807, 2.05) is 36.8 Å². The normalized spacial score (nSPS) is 9.06. The minimum atomic E-state index is -0.194. The second kappa shape index (κ2) is 16.4. The molecule has 0 radical (unpaired) electrons. The van der Waals surface area contributed by atoms with Gasteiger partial charge >= 0.3 is 19.5 Å². The first-order valence-corrected chi connectivity index (χ1v) is 8.69. The van der Waals surface area contributed by atoms with Crippen LogP contribution in [0.5, 0.6) is 0 Å². The molecule has 0 aliphatic carbocycles. The molecule has 0 spiro atoms. The topological polar surface area (TPSA) is 146 Å². The molecule has 0 unspecified atom stereocenters. The van der Waals surface area contributed by atoms with E-state index < -0.39 is 0 Å². The van der Waals surface area contributed by atoms with Crippen LogP contribution in [0.1, 0.15) is 37.2 Å². The molecule has 1 aromatic carbocycles. The first-order chi connectivity index (χ1) is 12.6. The standard InChI is InChI=1S/C10H10N6.C10H14.ClH.3H2O.Ru/c1-4-11-14(7-1)10(15-8-2-5-12-15)16-9-3-6-13-16;1-8(2)10-6-4-9(3)5-7-10;;;;;/h1-10H;4-8H,1-3H3;1H;3*1H2;/q;;;;;;+2/p-2. The van der Waals surface area contributed by atoms with Crippen molar-refractivity contribution in [2.24, 2.45) is 0 Å². The van der Waals surface area contributed by atoms with Crippen molar-refractivity contribution in [3.63, 3.8) is 0 Å². The zero-order valence-corrected chi connectivity index (χ0v) is 20.0. The van der Waals surface area contributed by atoms with E-state index in [-0.39, 0.29) is 54.6 Å². The molecular weight excluding hydrogens is 509 g/mol. The molecule has 0 saturated carbocycles. The van der Waals surface area contributed by atoms with Gasteiger partial charge in [0, 0.05) is 37.2 Å². The number of halogens is 1. The van der Waals surface area contributed by atoms with Gasteiger partial charge in [0.25, 0.3) is 0 Å². The van der Waals surface area contributed by atoms with Gasteiger partial charge in [0.15, 0.2) is 0 Å². The molecule has 0 fully saturated rings. The van der Waals surface area contributed by atoms with Gasteiger partial charge in [0.05, 0.1) is 0 Å². The van der Waals surface area contributed by atoms with Gasteiger partial charge in [-0.2, -0.15) is 15.3 Å². The molecular formula is C20H29ClN6O3Ru. The summed E-state index contributed by atoms with van der Waals surface area (Å²) < 4.78 is 5.38. The molecule has 172 valence electrons. The van der Waals surface area contributed by atoms with Crippen LogP contribution < -0.4 is 12.4 Å². The minimum Gasteiger partial charge on any atom is -1.00 e. The van der Waals surface area contributed by atoms with E-state index in [1.165, 1.54) is 11.1 Å². The number of hydrogen-bond acceptors (Lipinski definition) is 4. The number of benzene rings is 1. The summed E-state index contributed by atoms with van der Waals surface area (Å²) in [7, 11) is 0. The first-order valence-electron chi connectivity index (χ1n) is 8.69. The molecule has 3 aromatic heterocycles. The van der Waals surface area contributed by atoms with E-state index in [0.29, 0.717) is 5.92 Å². The van der Waals surface area contributed by atoms with Gasteiger partial charge in [0.2, 0.25) is 6.29 Å². The van der Waals surface area contributed by atoms with Crippen molar-refractivity contribution >= 4 is 0 Å². The Morgan fingerprint density at radius 1 is 0.710 bits per heavy atom. The molecule has 9 nitrogen and oxygen atoms in total. The quantitative estimate of drug-likeness (QED) is 0.311. The number of aromatic nitrogens is 6. The Kier molecular flexibility index (Phi) is 17.6. The molecule has 31 heavy (non-hydrogen) atoms. The van der Waals surface area contributed by atoms with E-state index in [0.717, 1.165) is 0 Å². The zero-order valence-electron chi connectivity index (χ0n) is 17.5. The molecule has 0 atom stereocenters. The molecule has 4 rings (SSSR count). The van der Waals surface area contributed by atoms with Crippen LogP contribution in [0.2, 0.25) is 0 Å². The average Bonchev–Trinajstić information content (AvgIpc) is 3.41. The van der Waals surface area contributed by atoms with Crippen LogP contribution in [-0.4, -0.2) is 45.8 Å². The average molecular weight is 538 g/mol.